The average molecular weight is 429 g/mol. The molecule has 0 bridgehead atoms. The van der Waals surface area contributed by atoms with Crippen LogP contribution in [0.2, 0.25) is 0 Å². The fourth-order valence-corrected chi connectivity index (χ4v) is 2.98. The summed E-state index contributed by atoms with van der Waals surface area (Å²) in [5, 5.41) is 10.9. The van der Waals surface area contributed by atoms with Crippen LogP contribution in [0.15, 0.2) is 59.4 Å². The lowest BCUT2D eigenvalue weighted by Crippen LogP contribution is -2.05. The molecule has 0 aliphatic heterocycles. The highest BCUT2D eigenvalue weighted by molar-refractivity contribution is 5.62. The number of anilines is 1. The number of hydrogen-bond acceptors (Lipinski definition) is 6. The number of aryl methyl sites for hydroxylation is 1. The Balaban J connectivity index is 1.47. The van der Waals surface area contributed by atoms with Crippen LogP contribution in [0, 0.1) is 6.92 Å². The minimum atomic E-state index is -4.36. The maximum atomic E-state index is 12.6. The van der Waals surface area contributed by atoms with Crippen LogP contribution in [-0.4, -0.2) is 26.9 Å². The van der Waals surface area contributed by atoms with Crippen LogP contribution in [0.3, 0.4) is 0 Å². The Morgan fingerprint density at radius 2 is 1.87 bits per heavy atom. The van der Waals surface area contributed by atoms with E-state index in [0.29, 0.717) is 16.9 Å². The van der Waals surface area contributed by atoms with E-state index in [1.165, 1.54) is 12.1 Å². The number of rotatable bonds is 6. The van der Waals surface area contributed by atoms with Gasteiger partial charge in [0, 0.05) is 18.3 Å². The van der Waals surface area contributed by atoms with Gasteiger partial charge in [0.1, 0.15) is 5.75 Å². The Kier molecular flexibility index (Phi) is 5.37. The van der Waals surface area contributed by atoms with Crippen molar-refractivity contribution in [3.63, 3.8) is 0 Å². The van der Waals surface area contributed by atoms with E-state index in [9.17, 15) is 13.2 Å². The third kappa shape index (κ3) is 4.52. The van der Waals surface area contributed by atoms with E-state index in [2.05, 4.69) is 20.5 Å². The highest BCUT2D eigenvalue weighted by Gasteiger charge is 2.29. The maximum Gasteiger partial charge on any atom is 0.416 e. The van der Waals surface area contributed by atoms with Crippen molar-refractivity contribution in [2.24, 2.45) is 0 Å². The summed E-state index contributed by atoms with van der Waals surface area (Å²) in [6.45, 7) is 2.14. The molecule has 0 saturated carbocycles. The number of nitrogens with zero attached hydrogens (tertiary/aromatic N) is 4. The first-order valence-corrected chi connectivity index (χ1v) is 9.26. The number of ether oxygens (including phenoxy) is 1. The minimum absolute atomic E-state index is 0.156. The Morgan fingerprint density at radius 3 is 2.52 bits per heavy atom. The topological polar surface area (TPSA) is 78.0 Å². The van der Waals surface area contributed by atoms with Crippen molar-refractivity contribution in [2.45, 2.75) is 19.6 Å². The van der Waals surface area contributed by atoms with Crippen LogP contribution in [0.4, 0.5) is 19.2 Å². The van der Waals surface area contributed by atoms with Gasteiger partial charge in [0.15, 0.2) is 0 Å². The van der Waals surface area contributed by atoms with E-state index in [4.69, 9.17) is 9.15 Å². The summed E-state index contributed by atoms with van der Waals surface area (Å²) in [6.07, 6.45) is -0.781. The zero-order chi connectivity index (χ0) is 22.0. The van der Waals surface area contributed by atoms with Crippen LogP contribution in [0.1, 0.15) is 16.8 Å². The van der Waals surface area contributed by atoms with Crippen LogP contribution < -0.4 is 10.1 Å². The summed E-state index contributed by atoms with van der Waals surface area (Å²) in [7, 11) is 1.57. The van der Waals surface area contributed by atoms with Crippen molar-refractivity contribution >= 4 is 6.01 Å². The van der Waals surface area contributed by atoms with Crippen LogP contribution in [0.25, 0.3) is 17.1 Å². The molecular formula is C21H18F3N5O2. The second-order valence-electron chi connectivity index (χ2n) is 6.77. The van der Waals surface area contributed by atoms with Gasteiger partial charge in [-0.1, -0.05) is 17.2 Å². The molecule has 2 aromatic carbocycles. The number of alkyl halides is 3. The Bertz CT molecular complexity index is 1180. The Morgan fingerprint density at radius 1 is 1.10 bits per heavy atom. The molecule has 31 heavy (non-hydrogen) atoms. The highest BCUT2D eigenvalue weighted by atomic mass is 19.4. The molecule has 2 aromatic heterocycles. The largest absolute Gasteiger partial charge is 0.495 e. The van der Waals surface area contributed by atoms with Gasteiger partial charge in [-0.3, -0.25) is 0 Å². The molecule has 0 spiro atoms. The van der Waals surface area contributed by atoms with E-state index in [0.717, 1.165) is 23.5 Å². The molecule has 4 rings (SSSR count). The van der Waals surface area contributed by atoms with Gasteiger partial charge in [-0.25, -0.2) is 4.98 Å². The minimum Gasteiger partial charge on any atom is -0.495 e. The Hall–Kier alpha value is -3.82. The zero-order valence-corrected chi connectivity index (χ0v) is 16.6. The van der Waals surface area contributed by atoms with E-state index in [1.54, 1.807) is 19.5 Å². The third-order valence-corrected chi connectivity index (χ3v) is 4.57. The SMILES string of the molecule is COc1cc(-c2nnc(NCc3ccc(C(F)(F)F)cc3)o2)ccc1-n1cnc(C)c1. The molecule has 10 heteroatoms. The summed E-state index contributed by atoms with van der Waals surface area (Å²) in [4.78, 5) is 4.22. The summed E-state index contributed by atoms with van der Waals surface area (Å²) in [6, 6.07) is 10.5. The van der Waals surface area contributed by atoms with E-state index >= 15 is 0 Å². The molecule has 0 radical (unpaired) electrons. The summed E-state index contributed by atoms with van der Waals surface area (Å²) >= 11 is 0. The fraction of sp³-hybridized carbons (Fsp3) is 0.190. The van der Waals surface area contributed by atoms with Gasteiger partial charge in [-0.15, -0.1) is 5.10 Å². The first-order chi connectivity index (χ1) is 14.8. The number of nitrogens with one attached hydrogen (secondary N) is 1. The van der Waals surface area contributed by atoms with Crippen molar-refractivity contribution < 1.29 is 22.3 Å². The van der Waals surface area contributed by atoms with Gasteiger partial charge in [0.2, 0.25) is 5.89 Å². The normalized spacial score (nSPS) is 11.5. The molecule has 0 saturated heterocycles. The number of imidazole rings is 1. The molecular weight excluding hydrogens is 411 g/mol. The van der Waals surface area contributed by atoms with Gasteiger partial charge in [-0.2, -0.15) is 13.2 Å². The lowest BCUT2D eigenvalue weighted by atomic mass is 10.1. The molecule has 0 atom stereocenters. The van der Waals surface area contributed by atoms with Crippen LogP contribution in [0.5, 0.6) is 5.75 Å². The maximum absolute atomic E-state index is 12.6. The fourth-order valence-electron chi connectivity index (χ4n) is 2.98. The molecule has 0 fully saturated rings. The quantitative estimate of drug-likeness (QED) is 0.471. The molecule has 1 N–H and O–H groups in total. The first-order valence-electron chi connectivity index (χ1n) is 9.26. The summed E-state index contributed by atoms with van der Waals surface area (Å²) in [5.41, 5.74) is 2.31. The number of methoxy groups -OCH3 is 1. The third-order valence-electron chi connectivity index (χ3n) is 4.57. The zero-order valence-electron chi connectivity index (χ0n) is 16.6. The van der Waals surface area contributed by atoms with Crippen molar-refractivity contribution in [1.29, 1.82) is 0 Å². The van der Waals surface area contributed by atoms with Gasteiger partial charge >= 0.3 is 12.2 Å². The van der Waals surface area contributed by atoms with E-state index in [-0.39, 0.29) is 18.5 Å². The lowest BCUT2D eigenvalue weighted by molar-refractivity contribution is -0.137. The first kappa shape index (κ1) is 20.5. The van der Waals surface area contributed by atoms with E-state index in [1.807, 2.05) is 29.8 Å². The molecule has 4 aromatic rings. The number of benzene rings is 2. The molecule has 0 unspecified atom stereocenters. The van der Waals surface area contributed by atoms with Crippen molar-refractivity contribution in [2.75, 3.05) is 12.4 Å². The van der Waals surface area contributed by atoms with Crippen molar-refractivity contribution in [3.05, 3.63) is 71.8 Å². The van der Waals surface area contributed by atoms with Gasteiger partial charge in [0.05, 0.1) is 30.4 Å². The van der Waals surface area contributed by atoms with E-state index < -0.39 is 11.7 Å². The smallest absolute Gasteiger partial charge is 0.416 e. The van der Waals surface area contributed by atoms with Gasteiger partial charge in [-0.05, 0) is 42.8 Å². The molecule has 0 aliphatic rings. The second kappa shape index (κ2) is 8.13. The predicted octanol–water partition coefficient (Wildman–Crippen LogP) is 4.87. The standard InChI is InChI=1S/C21H18F3N5O2/c1-13-11-29(12-26-13)17-8-5-15(9-18(17)30-2)19-27-28-20(31-19)25-10-14-3-6-16(7-4-14)21(22,23)24/h3-9,11-12H,10H2,1-2H3,(H,25,28). The molecule has 160 valence electrons. The predicted molar refractivity (Wildman–Crippen MR) is 107 cm³/mol. The molecule has 2 heterocycles. The highest BCUT2D eigenvalue weighted by Crippen LogP contribution is 2.31. The summed E-state index contributed by atoms with van der Waals surface area (Å²) < 4.78 is 50.9. The Labute approximate surface area is 175 Å². The van der Waals surface area contributed by atoms with Crippen molar-refractivity contribution in [1.82, 2.24) is 19.7 Å². The number of halogens is 3. The lowest BCUT2D eigenvalue weighted by Gasteiger charge is -2.10. The number of aromatic nitrogens is 4. The molecule has 0 amide bonds. The van der Waals surface area contributed by atoms with Gasteiger partial charge in [0.25, 0.3) is 0 Å². The molecule has 0 aliphatic carbocycles. The van der Waals surface area contributed by atoms with Crippen LogP contribution in [-0.2, 0) is 12.7 Å². The number of hydrogen-bond donors (Lipinski definition) is 1. The molecule has 7 nitrogen and oxygen atoms in total. The average Bonchev–Trinajstić information content (AvgIpc) is 3.40. The second-order valence-corrected chi connectivity index (χ2v) is 6.77. The van der Waals surface area contributed by atoms with Crippen LogP contribution >= 0.6 is 0 Å². The van der Waals surface area contributed by atoms with Crippen molar-refractivity contribution in [3.8, 4) is 22.9 Å². The monoisotopic (exact) mass is 429 g/mol. The summed E-state index contributed by atoms with van der Waals surface area (Å²) in [5.74, 6) is 0.883. The van der Waals surface area contributed by atoms with Gasteiger partial charge < -0.3 is 19.0 Å².